The summed E-state index contributed by atoms with van der Waals surface area (Å²) in [6.07, 6.45) is 6.53. The Kier molecular flexibility index (Phi) is 6.49. The monoisotopic (exact) mass is 309 g/mol. The second-order valence-corrected chi connectivity index (χ2v) is 7.40. The van der Waals surface area contributed by atoms with Crippen LogP contribution in [0.5, 0.6) is 0 Å². The quantitative estimate of drug-likeness (QED) is 0.844. The highest BCUT2D eigenvalue weighted by molar-refractivity contribution is 7.15. The molecule has 1 fully saturated rings. The first-order valence-electron chi connectivity index (χ1n) is 8.58. The molecule has 3 nitrogen and oxygen atoms in total. The van der Waals surface area contributed by atoms with Crippen molar-refractivity contribution in [2.45, 2.75) is 65.3 Å². The SMILES string of the molecule is CCC1CCCN(c2nc(C(C)CC)c(CNC)s2)CC1. The number of rotatable bonds is 6. The lowest BCUT2D eigenvalue weighted by molar-refractivity contribution is 0.459. The van der Waals surface area contributed by atoms with Crippen molar-refractivity contribution in [2.24, 2.45) is 5.92 Å². The summed E-state index contributed by atoms with van der Waals surface area (Å²) in [5.41, 5.74) is 1.32. The lowest BCUT2D eigenvalue weighted by atomic mass is 9.98. The molecule has 0 aliphatic carbocycles. The van der Waals surface area contributed by atoms with Gasteiger partial charge in [0.2, 0.25) is 0 Å². The summed E-state index contributed by atoms with van der Waals surface area (Å²) in [6, 6.07) is 0. The first-order valence-corrected chi connectivity index (χ1v) is 9.40. The average molecular weight is 310 g/mol. The van der Waals surface area contributed by atoms with Gasteiger partial charge in [0.1, 0.15) is 0 Å². The molecule has 1 aliphatic heterocycles. The first kappa shape index (κ1) is 16.8. The largest absolute Gasteiger partial charge is 0.348 e. The van der Waals surface area contributed by atoms with Crippen molar-refractivity contribution >= 4 is 16.5 Å². The molecule has 4 heteroatoms. The maximum absolute atomic E-state index is 5.02. The fourth-order valence-corrected chi connectivity index (χ4v) is 4.36. The topological polar surface area (TPSA) is 28.2 Å². The van der Waals surface area contributed by atoms with Gasteiger partial charge in [-0.25, -0.2) is 4.98 Å². The molecular formula is C17H31N3S. The number of thiazole rings is 1. The molecule has 2 atom stereocenters. The maximum atomic E-state index is 5.02. The third kappa shape index (κ3) is 4.19. The summed E-state index contributed by atoms with van der Waals surface area (Å²) < 4.78 is 0. The average Bonchev–Trinajstić information content (AvgIpc) is 2.77. The lowest BCUT2D eigenvalue weighted by Crippen LogP contribution is -2.24. The molecule has 1 aliphatic rings. The molecule has 0 spiro atoms. The van der Waals surface area contributed by atoms with Gasteiger partial charge in [0.25, 0.3) is 0 Å². The van der Waals surface area contributed by atoms with E-state index in [0.29, 0.717) is 5.92 Å². The summed E-state index contributed by atoms with van der Waals surface area (Å²) in [7, 11) is 2.03. The van der Waals surface area contributed by atoms with E-state index in [9.17, 15) is 0 Å². The Balaban J connectivity index is 2.15. The molecule has 0 saturated carbocycles. The molecule has 1 N–H and O–H groups in total. The summed E-state index contributed by atoms with van der Waals surface area (Å²) in [6.45, 7) is 10.2. The molecule has 0 radical (unpaired) electrons. The Hall–Kier alpha value is -0.610. The third-order valence-corrected chi connectivity index (χ3v) is 5.96. The van der Waals surface area contributed by atoms with Crippen molar-refractivity contribution in [3.8, 4) is 0 Å². The zero-order valence-electron chi connectivity index (χ0n) is 14.1. The second-order valence-electron chi connectivity index (χ2n) is 6.34. The van der Waals surface area contributed by atoms with Crippen molar-refractivity contribution < 1.29 is 0 Å². The smallest absolute Gasteiger partial charge is 0.185 e. The predicted octanol–water partition coefficient (Wildman–Crippen LogP) is 4.39. The highest BCUT2D eigenvalue weighted by Crippen LogP contribution is 2.34. The molecule has 1 aromatic rings. The summed E-state index contributed by atoms with van der Waals surface area (Å²) in [5, 5.41) is 4.56. The molecule has 2 rings (SSSR count). The Morgan fingerprint density at radius 2 is 2.14 bits per heavy atom. The summed E-state index contributed by atoms with van der Waals surface area (Å²) in [5.74, 6) is 1.48. The van der Waals surface area contributed by atoms with Crippen LogP contribution in [0.15, 0.2) is 0 Å². The normalized spacial score (nSPS) is 21.3. The van der Waals surface area contributed by atoms with E-state index in [1.807, 2.05) is 18.4 Å². The number of anilines is 1. The van der Waals surface area contributed by atoms with Crippen LogP contribution in [0, 0.1) is 5.92 Å². The standard InChI is InChI=1S/C17H31N3S/c1-5-13(3)16-15(12-18-4)21-17(19-16)20-10-7-8-14(6-2)9-11-20/h13-14,18H,5-12H2,1-4H3. The highest BCUT2D eigenvalue weighted by atomic mass is 32.1. The van der Waals surface area contributed by atoms with Gasteiger partial charge in [-0.2, -0.15) is 0 Å². The van der Waals surface area contributed by atoms with Crippen LogP contribution in [0.25, 0.3) is 0 Å². The van der Waals surface area contributed by atoms with E-state index in [-0.39, 0.29) is 0 Å². The molecule has 2 unspecified atom stereocenters. The van der Waals surface area contributed by atoms with Crippen LogP contribution in [0.2, 0.25) is 0 Å². The zero-order valence-corrected chi connectivity index (χ0v) is 14.9. The molecule has 1 saturated heterocycles. The van der Waals surface area contributed by atoms with Gasteiger partial charge >= 0.3 is 0 Å². The van der Waals surface area contributed by atoms with Gasteiger partial charge in [-0.05, 0) is 44.6 Å². The fraction of sp³-hybridized carbons (Fsp3) is 0.824. The van der Waals surface area contributed by atoms with Crippen molar-refractivity contribution in [3.05, 3.63) is 10.6 Å². The fourth-order valence-electron chi connectivity index (χ4n) is 3.12. The van der Waals surface area contributed by atoms with Crippen LogP contribution in [-0.2, 0) is 6.54 Å². The molecule has 0 aromatic carbocycles. The van der Waals surface area contributed by atoms with Crippen LogP contribution in [-0.4, -0.2) is 25.1 Å². The van der Waals surface area contributed by atoms with Crippen molar-refractivity contribution in [1.82, 2.24) is 10.3 Å². The molecule has 1 aromatic heterocycles. The molecular weight excluding hydrogens is 278 g/mol. The van der Waals surface area contributed by atoms with E-state index in [1.54, 1.807) is 0 Å². The van der Waals surface area contributed by atoms with Gasteiger partial charge in [0.15, 0.2) is 5.13 Å². The predicted molar refractivity (Wildman–Crippen MR) is 93.4 cm³/mol. The minimum Gasteiger partial charge on any atom is -0.348 e. The van der Waals surface area contributed by atoms with Gasteiger partial charge in [-0.15, -0.1) is 11.3 Å². The van der Waals surface area contributed by atoms with Crippen molar-refractivity contribution in [1.29, 1.82) is 0 Å². The first-order chi connectivity index (χ1) is 10.2. The number of nitrogens with one attached hydrogen (secondary N) is 1. The lowest BCUT2D eigenvalue weighted by Gasteiger charge is -2.19. The molecule has 120 valence electrons. The van der Waals surface area contributed by atoms with Gasteiger partial charge < -0.3 is 10.2 Å². The van der Waals surface area contributed by atoms with Crippen LogP contribution in [0.3, 0.4) is 0 Å². The van der Waals surface area contributed by atoms with E-state index in [2.05, 4.69) is 31.0 Å². The number of hydrogen-bond acceptors (Lipinski definition) is 4. The Bertz CT molecular complexity index is 430. The van der Waals surface area contributed by atoms with Crippen molar-refractivity contribution in [2.75, 3.05) is 25.0 Å². The van der Waals surface area contributed by atoms with Gasteiger partial charge in [0.05, 0.1) is 5.69 Å². The minimum atomic E-state index is 0.564. The van der Waals surface area contributed by atoms with E-state index >= 15 is 0 Å². The number of hydrogen-bond donors (Lipinski definition) is 1. The molecule has 0 amide bonds. The van der Waals surface area contributed by atoms with Crippen LogP contribution < -0.4 is 10.2 Å². The zero-order chi connectivity index (χ0) is 15.2. The maximum Gasteiger partial charge on any atom is 0.185 e. The molecule has 2 heterocycles. The van der Waals surface area contributed by atoms with E-state index < -0.39 is 0 Å². The van der Waals surface area contributed by atoms with E-state index in [4.69, 9.17) is 4.98 Å². The van der Waals surface area contributed by atoms with Gasteiger partial charge in [0, 0.05) is 24.5 Å². The summed E-state index contributed by atoms with van der Waals surface area (Å²) >= 11 is 1.90. The van der Waals surface area contributed by atoms with Crippen LogP contribution in [0.1, 0.15) is 69.4 Å². The van der Waals surface area contributed by atoms with E-state index in [0.717, 1.165) is 18.9 Å². The Morgan fingerprint density at radius 1 is 1.33 bits per heavy atom. The van der Waals surface area contributed by atoms with Crippen LogP contribution >= 0.6 is 11.3 Å². The highest BCUT2D eigenvalue weighted by Gasteiger charge is 2.21. The summed E-state index contributed by atoms with van der Waals surface area (Å²) in [4.78, 5) is 8.98. The minimum absolute atomic E-state index is 0.564. The Morgan fingerprint density at radius 3 is 2.81 bits per heavy atom. The van der Waals surface area contributed by atoms with Crippen molar-refractivity contribution in [3.63, 3.8) is 0 Å². The third-order valence-electron chi connectivity index (χ3n) is 4.83. The van der Waals surface area contributed by atoms with Crippen LogP contribution in [0.4, 0.5) is 5.13 Å². The molecule has 0 bridgehead atoms. The molecule has 21 heavy (non-hydrogen) atoms. The number of aromatic nitrogens is 1. The second kappa shape index (κ2) is 8.14. The Labute approximate surface area is 134 Å². The van der Waals surface area contributed by atoms with Gasteiger partial charge in [-0.3, -0.25) is 0 Å². The number of nitrogens with zero attached hydrogens (tertiary/aromatic N) is 2. The van der Waals surface area contributed by atoms with E-state index in [1.165, 1.54) is 54.5 Å². The van der Waals surface area contributed by atoms with Gasteiger partial charge in [-0.1, -0.05) is 27.2 Å².